The summed E-state index contributed by atoms with van der Waals surface area (Å²) in [5.74, 6) is 0.362. The molecule has 13 heavy (non-hydrogen) atoms. The number of nitrogens with two attached hydrogens (primary N) is 1. The summed E-state index contributed by atoms with van der Waals surface area (Å²) in [6, 6.07) is 7.43. The van der Waals surface area contributed by atoms with E-state index in [0.29, 0.717) is 12.3 Å². The molecular formula is C11H17NO. The molecule has 0 saturated heterocycles. The molecule has 1 aromatic carbocycles. The first-order valence-corrected chi connectivity index (χ1v) is 4.56. The van der Waals surface area contributed by atoms with Crippen molar-refractivity contribution in [3.8, 4) is 5.75 Å². The van der Waals surface area contributed by atoms with Crippen molar-refractivity contribution in [1.82, 2.24) is 0 Å². The van der Waals surface area contributed by atoms with Gasteiger partial charge in [-0.3, -0.25) is 0 Å². The topological polar surface area (TPSA) is 46.2 Å². The van der Waals surface area contributed by atoms with E-state index >= 15 is 0 Å². The lowest BCUT2D eigenvalue weighted by atomic mass is 9.81. The van der Waals surface area contributed by atoms with E-state index in [-0.39, 0.29) is 5.41 Å². The molecule has 0 spiro atoms. The Morgan fingerprint density at radius 1 is 1.31 bits per heavy atom. The van der Waals surface area contributed by atoms with E-state index in [2.05, 4.69) is 13.8 Å². The quantitative estimate of drug-likeness (QED) is 0.745. The standard InChI is InChI=1S/C11H17NO/c1-11(2,7-8-12)9-5-3-4-6-10(9)13/h3-6,13H,7-8,12H2,1-2H3. The molecule has 0 fully saturated rings. The van der Waals surface area contributed by atoms with E-state index < -0.39 is 0 Å². The summed E-state index contributed by atoms with van der Waals surface area (Å²) in [6.07, 6.45) is 0.880. The van der Waals surface area contributed by atoms with Crippen molar-refractivity contribution in [1.29, 1.82) is 0 Å². The highest BCUT2D eigenvalue weighted by molar-refractivity contribution is 5.37. The first-order chi connectivity index (χ1) is 6.08. The monoisotopic (exact) mass is 179 g/mol. The van der Waals surface area contributed by atoms with Crippen LogP contribution in [0.2, 0.25) is 0 Å². The van der Waals surface area contributed by atoms with E-state index in [9.17, 15) is 5.11 Å². The minimum atomic E-state index is -0.0416. The molecule has 3 N–H and O–H groups in total. The van der Waals surface area contributed by atoms with Gasteiger partial charge in [-0.25, -0.2) is 0 Å². The Labute approximate surface area is 79.4 Å². The second-order valence-corrected chi connectivity index (χ2v) is 3.94. The van der Waals surface area contributed by atoms with Gasteiger partial charge in [-0.05, 0) is 30.0 Å². The average Bonchev–Trinajstić information content (AvgIpc) is 2.04. The van der Waals surface area contributed by atoms with Crippen LogP contribution in [0, 0.1) is 0 Å². The molecule has 2 nitrogen and oxygen atoms in total. The van der Waals surface area contributed by atoms with Crippen LogP contribution >= 0.6 is 0 Å². The lowest BCUT2D eigenvalue weighted by Gasteiger charge is -2.25. The lowest BCUT2D eigenvalue weighted by Crippen LogP contribution is -2.21. The number of hydrogen-bond acceptors (Lipinski definition) is 2. The van der Waals surface area contributed by atoms with Gasteiger partial charge in [0.25, 0.3) is 0 Å². The van der Waals surface area contributed by atoms with Crippen LogP contribution in [0.25, 0.3) is 0 Å². The van der Waals surface area contributed by atoms with E-state index in [0.717, 1.165) is 12.0 Å². The Kier molecular flexibility index (Phi) is 2.94. The smallest absolute Gasteiger partial charge is 0.119 e. The molecule has 0 unspecified atom stereocenters. The SMILES string of the molecule is CC(C)(CCN)c1ccccc1O. The summed E-state index contributed by atoms with van der Waals surface area (Å²) in [6.45, 7) is 4.82. The minimum Gasteiger partial charge on any atom is -0.508 e. The average molecular weight is 179 g/mol. The van der Waals surface area contributed by atoms with Gasteiger partial charge in [-0.1, -0.05) is 32.0 Å². The highest BCUT2D eigenvalue weighted by Gasteiger charge is 2.22. The Morgan fingerprint density at radius 3 is 2.46 bits per heavy atom. The number of aromatic hydroxyl groups is 1. The van der Waals surface area contributed by atoms with Crippen LogP contribution in [-0.2, 0) is 5.41 Å². The maximum absolute atomic E-state index is 9.63. The van der Waals surface area contributed by atoms with Gasteiger partial charge in [-0.2, -0.15) is 0 Å². The van der Waals surface area contributed by atoms with Crippen LogP contribution in [0.1, 0.15) is 25.8 Å². The van der Waals surface area contributed by atoms with Gasteiger partial charge in [0.05, 0.1) is 0 Å². The molecule has 0 bridgehead atoms. The van der Waals surface area contributed by atoms with E-state index in [1.165, 1.54) is 0 Å². The Hall–Kier alpha value is -1.02. The Balaban J connectivity index is 2.99. The molecule has 0 saturated carbocycles. The van der Waals surface area contributed by atoms with Gasteiger partial charge in [0.2, 0.25) is 0 Å². The van der Waals surface area contributed by atoms with Gasteiger partial charge >= 0.3 is 0 Å². The summed E-state index contributed by atoms with van der Waals surface area (Å²) in [4.78, 5) is 0. The minimum absolute atomic E-state index is 0.0416. The summed E-state index contributed by atoms with van der Waals surface area (Å²) in [5, 5.41) is 9.63. The molecule has 1 rings (SSSR count). The molecule has 0 aliphatic carbocycles. The zero-order chi connectivity index (χ0) is 9.90. The zero-order valence-electron chi connectivity index (χ0n) is 8.25. The third kappa shape index (κ3) is 2.22. The van der Waals surface area contributed by atoms with Gasteiger partial charge in [-0.15, -0.1) is 0 Å². The maximum atomic E-state index is 9.63. The lowest BCUT2D eigenvalue weighted by molar-refractivity contribution is 0.423. The fraction of sp³-hybridized carbons (Fsp3) is 0.455. The first-order valence-electron chi connectivity index (χ1n) is 4.56. The van der Waals surface area contributed by atoms with Crippen LogP contribution in [-0.4, -0.2) is 11.7 Å². The highest BCUT2D eigenvalue weighted by Crippen LogP contribution is 2.32. The number of rotatable bonds is 3. The zero-order valence-corrected chi connectivity index (χ0v) is 8.25. The third-order valence-electron chi connectivity index (χ3n) is 2.40. The first kappa shape index (κ1) is 10.1. The highest BCUT2D eigenvalue weighted by atomic mass is 16.3. The van der Waals surface area contributed by atoms with Crippen molar-refractivity contribution in [2.24, 2.45) is 5.73 Å². The normalized spacial score (nSPS) is 11.6. The van der Waals surface area contributed by atoms with E-state index in [1.807, 2.05) is 18.2 Å². The van der Waals surface area contributed by atoms with Crippen molar-refractivity contribution >= 4 is 0 Å². The predicted octanol–water partition coefficient (Wildman–Crippen LogP) is 2.02. The molecule has 0 aromatic heterocycles. The van der Waals surface area contributed by atoms with Crippen molar-refractivity contribution in [2.75, 3.05) is 6.54 Å². The van der Waals surface area contributed by atoms with Gasteiger partial charge in [0.1, 0.15) is 5.75 Å². The van der Waals surface area contributed by atoms with Crippen molar-refractivity contribution in [3.05, 3.63) is 29.8 Å². The number of hydrogen-bond donors (Lipinski definition) is 2. The fourth-order valence-electron chi connectivity index (χ4n) is 1.54. The summed E-state index contributed by atoms with van der Waals surface area (Å²) < 4.78 is 0. The Morgan fingerprint density at radius 2 is 1.92 bits per heavy atom. The van der Waals surface area contributed by atoms with E-state index in [1.54, 1.807) is 6.07 Å². The number of phenolic OH excluding ortho intramolecular Hbond substituents is 1. The summed E-state index contributed by atoms with van der Waals surface area (Å²) in [7, 11) is 0. The van der Waals surface area contributed by atoms with E-state index in [4.69, 9.17) is 5.73 Å². The number of para-hydroxylation sites is 1. The maximum Gasteiger partial charge on any atom is 0.119 e. The summed E-state index contributed by atoms with van der Waals surface area (Å²) >= 11 is 0. The molecule has 2 heteroatoms. The summed E-state index contributed by atoms with van der Waals surface area (Å²) in [5.41, 5.74) is 6.45. The van der Waals surface area contributed by atoms with Crippen LogP contribution < -0.4 is 5.73 Å². The predicted molar refractivity (Wildman–Crippen MR) is 54.8 cm³/mol. The molecule has 0 aliphatic rings. The second-order valence-electron chi connectivity index (χ2n) is 3.94. The molecule has 0 atom stereocenters. The third-order valence-corrected chi connectivity index (χ3v) is 2.40. The van der Waals surface area contributed by atoms with Gasteiger partial charge in [0.15, 0.2) is 0 Å². The Bertz CT molecular complexity index is 281. The molecule has 0 radical (unpaired) electrons. The fourth-order valence-corrected chi connectivity index (χ4v) is 1.54. The van der Waals surface area contributed by atoms with Crippen molar-refractivity contribution in [2.45, 2.75) is 25.7 Å². The van der Waals surface area contributed by atoms with Gasteiger partial charge in [0, 0.05) is 0 Å². The number of phenols is 1. The van der Waals surface area contributed by atoms with Crippen molar-refractivity contribution < 1.29 is 5.11 Å². The molecule has 1 aromatic rings. The molecule has 0 amide bonds. The van der Waals surface area contributed by atoms with Crippen molar-refractivity contribution in [3.63, 3.8) is 0 Å². The molecule has 0 heterocycles. The molecular weight excluding hydrogens is 162 g/mol. The van der Waals surface area contributed by atoms with Gasteiger partial charge < -0.3 is 10.8 Å². The molecule has 72 valence electrons. The number of benzene rings is 1. The van der Waals surface area contributed by atoms with Crippen LogP contribution in [0.15, 0.2) is 24.3 Å². The largest absolute Gasteiger partial charge is 0.508 e. The molecule has 0 aliphatic heterocycles. The van der Waals surface area contributed by atoms with Crippen LogP contribution in [0.5, 0.6) is 5.75 Å². The second kappa shape index (κ2) is 3.79. The van der Waals surface area contributed by atoms with Crippen LogP contribution in [0.3, 0.4) is 0 Å². The van der Waals surface area contributed by atoms with Crippen LogP contribution in [0.4, 0.5) is 0 Å².